The largest absolute Gasteiger partial charge is 0.497 e. The zero-order valence-electron chi connectivity index (χ0n) is 11.3. The highest BCUT2D eigenvalue weighted by Gasteiger charge is 2.07. The fourth-order valence-corrected chi connectivity index (χ4v) is 1.92. The Morgan fingerprint density at radius 3 is 2.42 bits per heavy atom. The third-order valence-corrected chi connectivity index (χ3v) is 3.13. The van der Waals surface area contributed by atoms with Crippen LogP contribution in [-0.2, 0) is 0 Å². The molecule has 2 aromatic rings. The Kier molecular flexibility index (Phi) is 4.42. The van der Waals surface area contributed by atoms with Crippen LogP contribution in [0.2, 0.25) is 0 Å². The summed E-state index contributed by atoms with van der Waals surface area (Å²) < 4.78 is 5.10. The quantitative estimate of drug-likeness (QED) is 0.864. The Labute approximate surface area is 113 Å². The van der Waals surface area contributed by atoms with Gasteiger partial charge in [0.15, 0.2) is 0 Å². The van der Waals surface area contributed by atoms with Crippen molar-refractivity contribution >= 4 is 5.69 Å². The minimum absolute atomic E-state index is 0.483. The van der Waals surface area contributed by atoms with Crippen LogP contribution in [-0.4, -0.2) is 18.8 Å². The minimum atomic E-state index is -0.537. The molecule has 0 fully saturated rings. The second-order valence-electron chi connectivity index (χ2n) is 4.48. The predicted octanol–water partition coefficient (Wildman–Crippen LogP) is 3.15. The first-order valence-electron chi connectivity index (χ1n) is 6.32. The molecule has 0 radical (unpaired) electrons. The molecule has 0 aliphatic carbocycles. The number of nitrogens with one attached hydrogen (secondary N) is 1. The van der Waals surface area contributed by atoms with Crippen LogP contribution in [0.1, 0.15) is 17.2 Å². The van der Waals surface area contributed by atoms with Gasteiger partial charge in [-0.25, -0.2) is 0 Å². The summed E-state index contributed by atoms with van der Waals surface area (Å²) in [6.07, 6.45) is -0.537. The van der Waals surface area contributed by atoms with Crippen LogP contribution in [0.4, 0.5) is 5.69 Å². The van der Waals surface area contributed by atoms with Crippen molar-refractivity contribution in [2.75, 3.05) is 19.0 Å². The zero-order valence-corrected chi connectivity index (χ0v) is 11.3. The van der Waals surface area contributed by atoms with Crippen LogP contribution in [0.3, 0.4) is 0 Å². The van der Waals surface area contributed by atoms with Crippen molar-refractivity contribution in [3.63, 3.8) is 0 Å². The Morgan fingerprint density at radius 2 is 1.79 bits per heavy atom. The van der Waals surface area contributed by atoms with Gasteiger partial charge in [0.05, 0.1) is 13.2 Å². The topological polar surface area (TPSA) is 41.5 Å². The molecule has 0 bridgehead atoms. The lowest BCUT2D eigenvalue weighted by atomic mass is 10.1. The van der Waals surface area contributed by atoms with Crippen LogP contribution in [0.25, 0.3) is 0 Å². The maximum Gasteiger partial charge on any atom is 0.118 e. The lowest BCUT2D eigenvalue weighted by molar-refractivity contribution is 0.191. The number of benzene rings is 2. The molecule has 3 heteroatoms. The third kappa shape index (κ3) is 3.48. The first kappa shape index (κ1) is 13.4. The van der Waals surface area contributed by atoms with E-state index in [-0.39, 0.29) is 0 Å². The van der Waals surface area contributed by atoms with E-state index in [0.29, 0.717) is 6.54 Å². The van der Waals surface area contributed by atoms with E-state index < -0.39 is 6.10 Å². The van der Waals surface area contributed by atoms with Crippen LogP contribution in [0.5, 0.6) is 5.75 Å². The van der Waals surface area contributed by atoms with Gasteiger partial charge in [-0.15, -0.1) is 0 Å². The molecule has 2 rings (SSSR count). The van der Waals surface area contributed by atoms with Gasteiger partial charge in [0, 0.05) is 12.2 Å². The smallest absolute Gasteiger partial charge is 0.118 e. The number of anilines is 1. The second kappa shape index (κ2) is 6.25. The van der Waals surface area contributed by atoms with Gasteiger partial charge < -0.3 is 15.2 Å². The first-order valence-corrected chi connectivity index (χ1v) is 6.32. The number of rotatable bonds is 5. The van der Waals surface area contributed by atoms with Gasteiger partial charge in [-0.2, -0.15) is 0 Å². The molecular weight excluding hydrogens is 238 g/mol. The number of hydrogen-bond acceptors (Lipinski definition) is 3. The average Bonchev–Trinajstić information content (AvgIpc) is 2.46. The van der Waals surface area contributed by atoms with E-state index in [1.165, 1.54) is 5.56 Å². The minimum Gasteiger partial charge on any atom is -0.497 e. The molecule has 0 saturated carbocycles. The summed E-state index contributed by atoms with van der Waals surface area (Å²) in [5.74, 6) is 0.794. The molecule has 0 heterocycles. The molecule has 2 aromatic carbocycles. The van der Waals surface area contributed by atoms with Crippen molar-refractivity contribution in [2.24, 2.45) is 0 Å². The lowest BCUT2D eigenvalue weighted by Crippen LogP contribution is -2.12. The summed E-state index contributed by atoms with van der Waals surface area (Å²) in [5, 5.41) is 13.4. The SMILES string of the molecule is COc1ccc(C(O)CNc2ccccc2C)cc1. The molecule has 2 N–H and O–H groups in total. The lowest BCUT2D eigenvalue weighted by Gasteiger charge is -2.15. The van der Waals surface area contributed by atoms with Gasteiger partial charge in [-0.05, 0) is 36.2 Å². The van der Waals surface area contributed by atoms with Gasteiger partial charge in [-0.1, -0.05) is 30.3 Å². The molecule has 1 atom stereocenters. The third-order valence-electron chi connectivity index (χ3n) is 3.13. The number of ether oxygens (including phenoxy) is 1. The normalized spacial score (nSPS) is 11.9. The van der Waals surface area contributed by atoms with Gasteiger partial charge in [-0.3, -0.25) is 0 Å². The summed E-state index contributed by atoms with van der Waals surface area (Å²) in [4.78, 5) is 0. The van der Waals surface area contributed by atoms with Crippen molar-refractivity contribution in [2.45, 2.75) is 13.0 Å². The molecule has 0 aromatic heterocycles. The van der Waals surface area contributed by atoms with Crippen LogP contribution in [0.15, 0.2) is 48.5 Å². The highest BCUT2D eigenvalue weighted by Crippen LogP contribution is 2.19. The highest BCUT2D eigenvalue weighted by atomic mass is 16.5. The zero-order chi connectivity index (χ0) is 13.7. The van der Waals surface area contributed by atoms with Crippen molar-refractivity contribution in [1.82, 2.24) is 0 Å². The van der Waals surface area contributed by atoms with Crippen molar-refractivity contribution in [1.29, 1.82) is 0 Å². The fourth-order valence-electron chi connectivity index (χ4n) is 1.92. The standard InChI is InChI=1S/C16H19NO2/c1-12-5-3-4-6-15(12)17-11-16(18)13-7-9-14(19-2)10-8-13/h3-10,16-18H,11H2,1-2H3. The number of aliphatic hydroxyl groups excluding tert-OH is 1. The van der Waals surface area contributed by atoms with E-state index in [1.54, 1.807) is 7.11 Å². The highest BCUT2D eigenvalue weighted by molar-refractivity contribution is 5.50. The van der Waals surface area contributed by atoms with E-state index >= 15 is 0 Å². The van der Waals surface area contributed by atoms with Crippen LogP contribution >= 0.6 is 0 Å². The fraction of sp³-hybridized carbons (Fsp3) is 0.250. The number of aryl methyl sites for hydroxylation is 1. The molecule has 3 nitrogen and oxygen atoms in total. The van der Waals surface area contributed by atoms with Gasteiger partial charge in [0.25, 0.3) is 0 Å². The maximum atomic E-state index is 10.1. The van der Waals surface area contributed by atoms with Crippen LogP contribution in [0, 0.1) is 6.92 Å². The summed E-state index contributed by atoms with van der Waals surface area (Å²) in [5.41, 5.74) is 3.10. The van der Waals surface area contributed by atoms with Crippen molar-refractivity contribution in [3.05, 3.63) is 59.7 Å². The Balaban J connectivity index is 1.97. The van der Waals surface area contributed by atoms with Crippen molar-refractivity contribution in [3.8, 4) is 5.75 Å². The van der Waals surface area contributed by atoms with E-state index in [1.807, 2.05) is 55.5 Å². The molecule has 0 amide bonds. The molecule has 1 unspecified atom stereocenters. The molecule has 0 aliphatic heterocycles. The molecule has 0 saturated heterocycles. The number of aliphatic hydroxyl groups is 1. The van der Waals surface area contributed by atoms with Crippen molar-refractivity contribution < 1.29 is 9.84 Å². The average molecular weight is 257 g/mol. The predicted molar refractivity (Wildman–Crippen MR) is 77.6 cm³/mol. The summed E-state index contributed by atoms with van der Waals surface area (Å²) in [6, 6.07) is 15.5. The Morgan fingerprint density at radius 1 is 1.11 bits per heavy atom. The van der Waals surface area contributed by atoms with E-state index in [0.717, 1.165) is 17.0 Å². The van der Waals surface area contributed by atoms with Gasteiger partial charge >= 0.3 is 0 Å². The maximum absolute atomic E-state index is 10.1. The first-order chi connectivity index (χ1) is 9.20. The molecule has 0 spiro atoms. The molecule has 100 valence electrons. The van der Waals surface area contributed by atoms with E-state index in [4.69, 9.17) is 4.74 Å². The summed E-state index contributed by atoms with van der Waals surface area (Å²) in [6.45, 7) is 2.53. The molecule has 0 aliphatic rings. The Bertz CT molecular complexity index is 523. The summed E-state index contributed by atoms with van der Waals surface area (Å²) in [7, 11) is 1.63. The van der Waals surface area contributed by atoms with Crippen LogP contribution < -0.4 is 10.1 Å². The second-order valence-corrected chi connectivity index (χ2v) is 4.48. The molecule has 19 heavy (non-hydrogen) atoms. The van der Waals surface area contributed by atoms with E-state index in [2.05, 4.69) is 5.32 Å². The summed E-state index contributed by atoms with van der Waals surface area (Å²) >= 11 is 0. The monoisotopic (exact) mass is 257 g/mol. The van der Waals surface area contributed by atoms with Gasteiger partial charge in [0.2, 0.25) is 0 Å². The van der Waals surface area contributed by atoms with E-state index in [9.17, 15) is 5.11 Å². The number of para-hydroxylation sites is 1. The van der Waals surface area contributed by atoms with Gasteiger partial charge in [0.1, 0.15) is 5.75 Å². The number of methoxy groups -OCH3 is 1. The molecular formula is C16H19NO2. The Hall–Kier alpha value is -2.00. The number of hydrogen-bond donors (Lipinski definition) is 2.